The Morgan fingerprint density at radius 2 is 1.96 bits per heavy atom. The Balaban J connectivity index is 2.10. The number of carbonyl (C=O) groups excluding carboxylic acids is 1. The van der Waals surface area contributed by atoms with E-state index in [1.807, 2.05) is 31.1 Å². The number of ether oxygens (including phenoxy) is 2. The Bertz CT molecular complexity index is 719. The van der Waals surface area contributed by atoms with E-state index in [4.69, 9.17) is 9.47 Å². The summed E-state index contributed by atoms with van der Waals surface area (Å²) in [5, 5.41) is 6.08. The smallest absolute Gasteiger partial charge is 0.269 e. The number of aromatic nitrogens is 1. The molecule has 25 heavy (non-hydrogen) atoms. The molecule has 1 aromatic heterocycles. The van der Waals surface area contributed by atoms with E-state index < -0.39 is 0 Å². The van der Waals surface area contributed by atoms with Crippen LogP contribution in [0.15, 0.2) is 36.5 Å². The fraction of sp³-hybridized carbons (Fsp3) is 0.333. The predicted molar refractivity (Wildman–Crippen MR) is 98.0 cm³/mol. The van der Waals surface area contributed by atoms with Crippen LogP contribution in [0.2, 0.25) is 0 Å². The molecule has 0 unspecified atom stereocenters. The molecular formula is C18H24N4O3. The molecule has 1 amide bonds. The Labute approximate surface area is 148 Å². The van der Waals surface area contributed by atoms with Crippen LogP contribution >= 0.6 is 0 Å². The van der Waals surface area contributed by atoms with Crippen molar-refractivity contribution in [2.75, 3.05) is 46.7 Å². The monoisotopic (exact) mass is 344 g/mol. The summed E-state index contributed by atoms with van der Waals surface area (Å²) < 4.78 is 10.6. The molecule has 7 nitrogen and oxygen atoms in total. The minimum Gasteiger partial charge on any atom is -0.497 e. The largest absolute Gasteiger partial charge is 0.497 e. The van der Waals surface area contributed by atoms with E-state index in [9.17, 15) is 4.79 Å². The van der Waals surface area contributed by atoms with Crippen LogP contribution in [0.4, 0.5) is 11.4 Å². The van der Waals surface area contributed by atoms with Crippen molar-refractivity contribution in [3.63, 3.8) is 0 Å². The summed E-state index contributed by atoms with van der Waals surface area (Å²) in [7, 11) is 7.11. The number of pyridine rings is 1. The zero-order valence-corrected chi connectivity index (χ0v) is 15.0. The van der Waals surface area contributed by atoms with Crippen LogP contribution in [0.25, 0.3) is 0 Å². The van der Waals surface area contributed by atoms with Gasteiger partial charge in [0.15, 0.2) is 0 Å². The molecule has 2 rings (SSSR count). The second-order valence-corrected chi connectivity index (χ2v) is 5.68. The lowest BCUT2D eigenvalue weighted by Gasteiger charge is -2.13. The van der Waals surface area contributed by atoms with Gasteiger partial charge in [-0.2, -0.15) is 0 Å². The maximum atomic E-state index is 12.2. The average Bonchev–Trinajstić information content (AvgIpc) is 2.62. The van der Waals surface area contributed by atoms with Gasteiger partial charge in [0.25, 0.3) is 5.91 Å². The van der Waals surface area contributed by atoms with Crippen LogP contribution in [0.3, 0.4) is 0 Å². The lowest BCUT2D eigenvalue weighted by atomic mass is 10.2. The molecule has 0 saturated carbocycles. The molecular weight excluding hydrogens is 320 g/mol. The molecule has 0 fully saturated rings. The highest BCUT2D eigenvalue weighted by molar-refractivity contribution is 5.93. The molecule has 134 valence electrons. The average molecular weight is 344 g/mol. The first-order valence-corrected chi connectivity index (χ1v) is 7.91. The predicted octanol–water partition coefficient (Wildman–Crippen LogP) is 2.13. The van der Waals surface area contributed by atoms with E-state index in [1.54, 1.807) is 38.6 Å². The minimum atomic E-state index is -0.202. The molecule has 0 saturated heterocycles. The lowest BCUT2D eigenvalue weighted by Crippen LogP contribution is -2.31. The number of methoxy groups -OCH3 is 2. The van der Waals surface area contributed by atoms with Gasteiger partial charge in [0.1, 0.15) is 17.2 Å². The second-order valence-electron chi connectivity index (χ2n) is 5.68. The number of hydrogen-bond acceptors (Lipinski definition) is 6. The number of anilines is 2. The first-order valence-electron chi connectivity index (χ1n) is 7.91. The quantitative estimate of drug-likeness (QED) is 0.764. The first-order chi connectivity index (χ1) is 12.0. The van der Waals surface area contributed by atoms with Crippen molar-refractivity contribution in [3.8, 4) is 11.5 Å². The summed E-state index contributed by atoms with van der Waals surface area (Å²) in [6.45, 7) is 1.34. The van der Waals surface area contributed by atoms with Gasteiger partial charge < -0.3 is 25.0 Å². The van der Waals surface area contributed by atoms with Crippen molar-refractivity contribution in [1.82, 2.24) is 15.2 Å². The molecule has 0 bridgehead atoms. The normalized spacial score (nSPS) is 10.4. The van der Waals surface area contributed by atoms with Crippen LogP contribution < -0.4 is 20.1 Å². The van der Waals surface area contributed by atoms with E-state index in [2.05, 4.69) is 15.6 Å². The number of hydrogen-bond donors (Lipinski definition) is 2. The van der Waals surface area contributed by atoms with Crippen LogP contribution in [0.1, 0.15) is 10.5 Å². The SMILES string of the molecule is COc1ccc(Nc2ccnc(C(=O)NCCN(C)C)c2)c(OC)c1. The van der Waals surface area contributed by atoms with E-state index in [-0.39, 0.29) is 5.91 Å². The number of likely N-dealkylation sites (N-methyl/N-ethyl adjacent to an activating group) is 1. The van der Waals surface area contributed by atoms with Crippen molar-refractivity contribution in [3.05, 3.63) is 42.2 Å². The Hall–Kier alpha value is -2.80. The summed E-state index contributed by atoms with van der Waals surface area (Å²) in [5.74, 6) is 1.15. The lowest BCUT2D eigenvalue weighted by molar-refractivity contribution is 0.0946. The topological polar surface area (TPSA) is 75.7 Å². The second kappa shape index (κ2) is 8.89. The van der Waals surface area contributed by atoms with E-state index in [0.717, 1.165) is 17.9 Å². The van der Waals surface area contributed by atoms with E-state index >= 15 is 0 Å². The van der Waals surface area contributed by atoms with Crippen molar-refractivity contribution >= 4 is 17.3 Å². The fourth-order valence-electron chi connectivity index (χ4n) is 2.17. The number of amides is 1. The molecule has 0 aliphatic carbocycles. The third kappa shape index (κ3) is 5.36. The molecule has 0 radical (unpaired) electrons. The maximum Gasteiger partial charge on any atom is 0.269 e. The van der Waals surface area contributed by atoms with Crippen molar-refractivity contribution in [1.29, 1.82) is 0 Å². The molecule has 1 heterocycles. The summed E-state index contributed by atoms with van der Waals surface area (Å²) in [6.07, 6.45) is 1.60. The third-order valence-corrected chi connectivity index (χ3v) is 3.52. The molecule has 2 aromatic rings. The van der Waals surface area contributed by atoms with Gasteiger partial charge in [-0.1, -0.05) is 0 Å². The van der Waals surface area contributed by atoms with Gasteiger partial charge in [0.2, 0.25) is 0 Å². The van der Waals surface area contributed by atoms with Gasteiger partial charge in [0.05, 0.1) is 19.9 Å². The number of benzene rings is 1. The molecule has 2 N–H and O–H groups in total. The summed E-state index contributed by atoms with van der Waals surface area (Å²) in [4.78, 5) is 18.3. The highest BCUT2D eigenvalue weighted by Crippen LogP contribution is 2.31. The molecule has 0 aliphatic heterocycles. The molecule has 7 heteroatoms. The number of rotatable bonds is 8. The Kier molecular flexibility index (Phi) is 6.59. The van der Waals surface area contributed by atoms with Gasteiger partial charge in [-0.25, -0.2) is 0 Å². The van der Waals surface area contributed by atoms with Crippen LogP contribution in [-0.4, -0.2) is 57.2 Å². The minimum absolute atomic E-state index is 0.202. The number of nitrogens with zero attached hydrogens (tertiary/aromatic N) is 2. The van der Waals surface area contributed by atoms with Crippen molar-refractivity contribution in [2.45, 2.75) is 0 Å². The Morgan fingerprint density at radius 1 is 1.16 bits per heavy atom. The van der Waals surface area contributed by atoms with E-state index in [1.165, 1.54) is 0 Å². The number of nitrogens with one attached hydrogen (secondary N) is 2. The highest BCUT2D eigenvalue weighted by Gasteiger charge is 2.10. The number of carbonyl (C=O) groups is 1. The van der Waals surface area contributed by atoms with Crippen molar-refractivity contribution in [2.24, 2.45) is 0 Å². The Morgan fingerprint density at radius 3 is 2.64 bits per heavy atom. The zero-order chi connectivity index (χ0) is 18.2. The molecule has 1 aromatic carbocycles. The van der Waals surface area contributed by atoms with Gasteiger partial charge in [-0.3, -0.25) is 9.78 Å². The molecule has 0 atom stereocenters. The summed E-state index contributed by atoms with van der Waals surface area (Å²) in [5.41, 5.74) is 1.88. The van der Waals surface area contributed by atoms with Crippen LogP contribution in [0, 0.1) is 0 Å². The molecule has 0 aliphatic rings. The first kappa shape index (κ1) is 18.5. The van der Waals surface area contributed by atoms with Gasteiger partial charge in [-0.05, 0) is 38.4 Å². The fourth-order valence-corrected chi connectivity index (χ4v) is 2.17. The van der Waals surface area contributed by atoms with Gasteiger partial charge in [-0.15, -0.1) is 0 Å². The van der Waals surface area contributed by atoms with Gasteiger partial charge in [0, 0.05) is 31.0 Å². The maximum absolute atomic E-state index is 12.2. The van der Waals surface area contributed by atoms with Crippen LogP contribution in [-0.2, 0) is 0 Å². The summed E-state index contributed by atoms with van der Waals surface area (Å²) >= 11 is 0. The highest BCUT2D eigenvalue weighted by atomic mass is 16.5. The third-order valence-electron chi connectivity index (χ3n) is 3.52. The summed E-state index contributed by atoms with van der Waals surface area (Å²) in [6, 6.07) is 8.98. The van der Waals surface area contributed by atoms with Gasteiger partial charge >= 0.3 is 0 Å². The molecule has 0 spiro atoms. The van der Waals surface area contributed by atoms with E-state index in [0.29, 0.717) is 23.7 Å². The standard InChI is InChI=1S/C18H24N4O3/c1-22(2)10-9-20-18(23)16-11-13(7-8-19-16)21-15-6-5-14(24-3)12-17(15)25-4/h5-8,11-12H,9-10H2,1-4H3,(H,19,21)(H,20,23). The van der Waals surface area contributed by atoms with Crippen LogP contribution in [0.5, 0.6) is 11.5 Å². The zero-order valence-electron chi connectivity index (χ0n) is 15.0. The van der Waals surface area contributed by atoms with Crippen molar-refractivity contribution < 1.29 is 14.3 Å².